The Kier molecular flexibility index (Phi) is 5.43. The van der Waals surface area contributed by atoms with Gasteiger partial charge >= 0.3 is 0 Å². The van der Waals surface area contributed by atoms with Gasteiger partial charge in [-0.1, -0.05) is 46.7 Å². The molecule has 0 radical (unpaired) electrons. The fraction of sp³-hybridized carbons (Fsp3) is 0.286. The van der Waals surface area contributed by atoms with Crippen molar-refractivity contribution in [3.8, 4) is 11.4 Å². The van der Waals surface area contributed by atoms with Crippen molar-refractivity contribution in [2.75, 3.05) is 13.1 Å². The molecule has 7 heteroatoms. The highest BCUT2D eigenvalue weighted by molar-refractivity contribution is 5.98. The molecular weight excluding hydrogens is 359 g/mol. The summed E-state index contributed by atoms with van der Waals surface area (Å²) >= 11 is 0. The van der Waals surface area contributed by atoms with Crippen LogP contribution in [0.25, 0.3) is 11.4 Å². The van der Waals surface area contributed by atoms with Gasteiger partial charge in [0.15, 0.2) is 0 Å². The molecule has 2 heterocycles. The van der Waals surface area contributed by atoms with Gasteiger partial charge in [-0.15, -0.1) is 0 Å². The van der Waals surface area contributed by atoms with Crippen LogP contribution < -0.4 is 5.32 Å². The summed E-state index contributed by atoms with van der Waals surface area (Å²) in [5.74, 6) is 1.32. The van der Waals surface area contributed by atoms with Crippen LogP contribution in [0.3, 0.4) is 0 Å². The summed E-state index contributed by atoms with van der Waals surface area (Å²) in [5, 5.41) is 11.5. The molecule has 1 aliphatic rings. The lowest BCUT2D eigenvalue weighted by Gasteiger charge is -2.04. The van der Waals surface area contributed by atoms with Gasteiger partial charge in [0, 0.05) is 12.1 Å². The zero-order chi connectivity index (χ0) is 19.3. The van der Waals surface area contributed by atoms with E-state index in [0.717, 1.165) is 41.9 Å². The van der Waals surface area contributed by atoms with Crippen molar-refractivity contribution in [2.24, 2.45) is 5.16 Å². The Hall–Kier alpha value is -3.06. The standard InChI is InChI=1S/C21H21FN4O2/c1-14(25-27-13-15-2-8-19(22)9-3-15)16-4-6-17(7-5-16)20-24-21(28-26-20)18-10-11-23-12-18/h2-9,18,23H,10-13H2,1H3/b25-14+/t18-/m1/s1. The first kappa shape index (κ1) is 18.3. The maximum absolute atomic E-state index is 12.9. The minimum atomic E-state index is -0.267. The number of hydrogen-bond donors (Lipinski definition) is 1. The second kappa shape index (κ2) is 8.31. The average molecular weight is 380 g/mol. The number of oxime groups is 1. The highest BCUT2D eigenvalue weighted by atomic mass is 19.1. The van der Waals surface area contributed by atoms with E-state index >= 15 is 0 Å². The fourth-order valence-electron chi connectivity index (χ4n) is 3.08. The predicted octanol–water partition coefficient (Wildman–Crippen LogP) is 3.89. The third-order valence-corrected chi connectivity index (χ3v) is 4.76. The topological polar surface area (TPSA) is 72.5 Å². The van der Waals surface area contributed by atoms with E-state index in [1.165, 1.54) is 12.1 Å². The maximum atomic E-state index is 12.9. The zero-order valence-corrected chi connectivity index (χ0v) is 15.6. The Balaban J connectivity index is 1.38. The van der Waals surface area contributed by atoms with E-state index in [1.54, 1.807) is 12.1 Å². The minimum absolute atomic E-state index is 0.267. The van der Waals surface area contributed by atoms with E-state index in [4.69, 9.17) is 9.36 Å². The quantitative estimate of drug-likeness (QED) is 0.519. The van der Waals surface area contributed by atoms with Gasteiger partial charge in [-0.3, -0.25) is 0 Å². The fourth-order valence-corrected chi connectivity index (χ4v) is 3.08. The van der Waals surface area contributed by atoms with E-state index in [-0.39, 0.29) is 12.4 Å². The third kappa shape index (κ3) is 4.26. The Bertz CT molecular complexity index is 945. The summed E-state index contributed by atoms with van der Waals surface area (Å²) in [5.41, 5.74) is 3.44. The van der Waals surface area contributed by atoms with Crippen molar-refractivity contribution < 1.29 is 13.8 Å². The van der Waals surface area contributed by atoms with Crippen molar-refractivity contribution in [3.63, 3.8) is 0 Å². The summed E-state index contributed by atoms with van der Waals surface area (Å²) in [7, 11) is 0. The lowest BCUT2D eigenvalue weighted by atomic mass is 10.1. The van der Waals surface area contributed by atoms with Crippen LogP contribution in [-0.4, -0.2) is 28.9 Å². The molecule has 3 aromatic rings. The maximum Gasteiger partial charge on any atom is 0.231 e. The summed E-state index contributed by atoms with van der Waals surface area (Å²) in [6.07, 6.45) is 1.02. The van der Waals surface area contributed by atoms with Crippen molar-refractivity contribution in [3.05, 3.63) is 71.4 Å². The first-order valence-electron chi connectivity index (χ1n) is 9.25. The van der Waals surface area contributed by atoms with E-state index < -0.39 is 0 Å². The molecule has 0 spiro atoms. The molecule has 1 aliphatic heterocycles. The van der Waals surface area contributed by atoms with Gasteiger partial charge in [0.05, 0.1) is 11.6 Å². The molecule has 6 nitrogen and oxygen atoms in total. The van der Waals surface area contributed by atoms with Crippen molar-refractivity contribution in [1.29, 1.82) is 0 Å². The molecule has 0 unspecified atom stereocenters. The molecule has 28 heavy (non-hydrogen) atoms. The van der Waals surface area contributed by atoms with Crippen molar-refractivity contribution in [1.82, 2.24) is 15.5 Å². The number of halogens is 1. The Morgan fingerprint density at radius 1 is 1.21 bits per heavy atom. The van der Waals surface area contributed by atoms with Crippen molar-refractivity contribution in [2.45, 2.75) is 25.9 Å². The van der Waals surface area contributed by atoms with Crippen LogP contribution >= 0.6 is 0 Å². The molecule has 0 aliphatic carbocycles. The minimum Gasteiger partial charge on any atom is -0.391 e. The highest BCUT2D eigenvalue weighted by Gasteiger charge is 2.23. The highest BCUT2D eigenvalue weighted by Crippen LogP contribution is 2.24. The molecule has 1 saturated heterocycles. The number of aromatic nitrogens is 2. The molecule has 1 fully saturated rings. The molecule has 4 rings (SSSR count). The van der Waals surface area contributed by atoms with Gasteiger partial charge in [0.2, 0.25) is 11.7 Å². The average Bonchev–Trinajstić information content (AvgIpc) is 3.41. The van der Waals surface area contributed by atoms with Crippen LogP contribution in [0, 0.1) is 5.82 Å². The Morgan fingerprint density at radius 3 is 2.71 bits per heavy atom. The van der Waals surface area contributed by atoms with Gasteiger partial charge in [-0.2, -0.15) is 4.98 Å². The molecule has 0 amide bonds. The van der Waals surface area contributed by atoms with Crippen molar-refractivity contribution >= 4 is 5.71 Å². The normalized spacial score (nSPS) is 17.1. The summed E-state index contributed by atoms with van der Waals surface area (Å²) in [6, 6.07) is 13.9. The van der Waals surface area contributed by atoms with E-state index in [1.807, 2.05) is 31.2 Å². The monoisotopic (exact) mass is 380 g/mol. The Morgan fingerprint density at radius 2 is 2.00 bits per heavy atom. The van der Waals surface area contributed by atoms with Crippen LogP contribution in [-0.2, 0) is 11.4 Å². The number of nitrogens with zero attached hydrogens (tertiary/aromatic N) is 3. The van der Waals surface area contributed by atoms with Crippen LogP contribution in [0.4, 0.5) is 4.39 Å². The number of hydrogen-bond acceptors (Lipinski definition) is 6. The smallest absolute Gasteiger partial charge is 0.231 e. The van der Waals surface area contributed by atoms with Crippen LogP contribution in [0.1, 0.15) is 36.3 Å². The first-order chi connectivity index (χ1) is 13.7. The number of benzene rings is 2. The van der Waals surface area contributed by atoms with E-state index in [0.29, 0.717) is 17.6 Å². The SMILES string of the molecule is C/C(=N\OCc1ccc(F)cc1)c1ccc(-c2noc([C@@H]3CCNC3)n2)cc1. The molecule has 1 atom stereocenters. The third-order valence-electron chi connectivity index (χ3n) is 4.76. The molecule has 1 aromatic heterocycles. The molecule has 1 N–H and O–H groups in total. The predicted molar refractivity (Wildman–Crippen MR) is 103 cm³/mol. The molecular formula is C21H21FN4O2. The first-order valence-corrected chi connectivity index (χ1v) is 9.25. The summed E-state index contributed by atoms with van der Waals surface area (Å²) in [6.45, 7) is 4.03. The summed E-state index contributed by atoms with van der Waals surface area (Å²) < 4.78 is 18.3. The second-order valence-corrected chi connectivity index (χ2v) is 6.80. The number of rotatable bonds is 6. The largest absolute Gasteiger partial charge is 0.391 e. The van der Waals surface area contributed by atoms with Gasteiger partial charge < -0.3 is 14.7 Å². The molecule has 2 aromatic carbocycles. The van der Waals surface area contributed by atoms with E-state index in [2.05, 4.69) is 20.6 Å². The van der Waals surface area contributed by atoms with Gasteiger partial charge in [0.25, 0.3) is 0 Å². The zero-order valence-electron chi connectivity index (χ0n) is 15.6. The van der Waals surface area contributed by atoms with Crippen LogP contribution in [0.2, 0.25) is 0 Å². The van der Waals surface area contributed by atoms with Crippen LogP contribution in [0.5, 0.6) is 0 Å². The summed E-state index contributed by atoms with van der Waals surface area (Å²) in [4.78, 5) is 9.90. The lowest BCUT2D eigenvalue weighted by Crippen LogP contribution is -2.08. The number of nitrogens with one attached hydrogen (secondary N) is 1. The lowest BCUT2D eigenvalue weighted by molar-refractivity contribution is 0.130. The van der Waals surface area contributed by atoms with Gasteiger partial charge in [-0.25, -0.2) is 4.39 Å². The molecule has 0 bridgehead atoms. The van der Waals surface area contributed by atoms with Gasteiger partial charge in [-0.05, 0) is 43.1 Å². The van der Waals surface area contributed by atoms with Crippen LogP contribution in [0.15, 0.2) is 58.2 Å². The van der Waals surface area contributed by atoms with E-state index in [9.17, 15) is 4.39 Å². The Labute approximate surface area is 162 Å². The molecule has 0 saturated carbocycles. The molecule has 144 valence electrons. The van der Waals surface area contributed by atoms with Gasteiger partial charge in [0.1, 0.15) is 12.4 Å². The second-order valence-electron chi connectivity index (χ2n) is 6.80.